The summed E-state index contributed by atoms with van der Waals surface area (Å²) in [4.78, 5) is 71.0. The molecule has 4 N–H and O–H groups in total. The lowest BCUT2D eigenvalue weighted by Gasteiger charge is -2.24. The van der Waals surface area contributed by atoms with E-state index < -0.39 is 47.0 Å². The number of carboxylic acid groups (broad SMARTS) is 2. The van der Waals surface area contributed by atoms with Gasteiger partial charge in [0, 0.05) is 57.9 Å². The van der Waals surface area contributed by atoms with Crippen molar-refractivity contribution in [3.05, 3.63) is 119 Å². The summed E-state index contributed by atoms with van der Waals surface area (Å²) < 4.78 is 15.7. The molecule has 4 rings (SSSR count). The number of carboxylic acids is 2. The maximum atomic E-state index is 11.8. The van der Waals surface area contributed by atoms with Crippen LogP contribution in [-0.4, -0.2) is 96.8 Å². The predicted octanol–water partition coefficient (Wildman–Crippen LogP) is 11.1. The number of aliphatic hydroxyl groups excluding tert-OH is 1. The Morgan fingerprint density at radius 2 is 0.831 bits per heavy atom. The molecule has 17 heteroatoms. The van der Waals surface area contributed by atoms with Crippen molar-refractivity contribution in [2.75, 3.05) is 48.2 Å². The zero-order valence-electron chi connectivity index (χ0n) is 38.8. The molecular formula is C48H69IN4O12. The van der Waals surface area contributed by atoms with Crippen LogP contribution in [-0.2, 0) is 20.8 Å². The second-order valence-corrected chi connectivity index (χ2v) is 16.6. The first-order valence-corrected chi connectivity index (χ1v) is 19.6. The summed E-state index contributed by atoms with van der Waals surface area (Å²) in [6, 6.07) is 26.4. The van der Waals surface area contributed by atoms with E-state index in [1.807, 2.05) is 41.5 Å². The van der Waals surface area contributed by atoms with E-state index in [0.717, 1.165) is 23.2 Å². The third-order valence-corrected chi connectivity index (χ3v) is 7.85. The molecule has 0 bridgehead atoms. The van der Waals surface area contributed by atoms with Crippen molar-refractivity contribution in [1.29, 1.82) is 0 Å². The first kappa shape index (κ1) is 60.9. The summed E-state index contributed by atoms with van der Waals surface area (Å²) in [5, 5.41) is 29.1. The van der Waals surface area contributed by atoms with Gasteiger partial charge in [-0.1, -0.05) is 19.6 Å². The number of aliphatic hydroxyl groups is 1. The molecule has 0 aliphatic rings. The van der Waals surface area contributed by atoms with Crippen LogP contribution in [0.1, 0.15) is 108 Å². The summed E-state index contributed by atoms with van der Waals surface area (Å²) in [5.41, 5.74) is 3.19. The number of carbonyl (C=O) groups is 6. The molecule has 0 fully saturated rings. The van der Waals surface area contributed by atoms with Gasteiger partial charge in [-0.2, -0.15) is 0 Å². The van der Waals surface area contributed by atoms with Crippen LogP contribution in [0, 0.1) is 0 Å². The third kappa shape index (κ3) is 23.9. The monoisotopic (exact) mass is 1020 g/mol. The fourth-order valence-corrected chi connectivity index (χ4v) is 4.52. The minimum Gasteiger partial charge on any atom is -0.478 e. The highest BCUT2D eigenvalue weighted by Crippen LogP contribution is 2.20. The molecule has 0 radical (unpaired) electrons. The average Bonchev–Trinajstić information content (AvgIpc) is 3.21. The number of benzene rings is 4. The summed E-state index contributed by atoms with van der Waals surface area (Å²) in [6.07, 6.45) is -0.534. The van der Waals surface area contributed by atoms with E-state index in [4.69, 9.17) is 29.5 Å². The van der Waals surface area contributed by atoms with Crippen molar-refractivity contribution in [2.45, 2.75) is 93.2 Å². The number of nitrogens with one attached hydrogen (secondary N) is 1. The number of nitrogens with zero attached hydrogens (tertiary/aromatic N) is 3. The zero-order valence-corrected chi connectivity index (χ0v) is 41.1. The Hall–Kier alpha value is -6.21. The molecule has 0 unspecified atom stereocenters. The van der Waals surface area contributed by atoms with Crippen molar-refractivity contribution < 1.29 is 59.7 Å². The molecule has 0 aliphatic heterocycles. The molecule has 0 saturated heterocycles. The van der Waals surface area contributed by atoms with Gasteiger partial charge < -0.3 is 34.8 Å². The Kier molecular flexibility index (Phi) is 26.1. The number of halogens is 1. The number of anilines is 4. The minimum atomic E-state index is -0.999. The van der Waals surface area contributed by atoms with Gasteiger partial charge in [-0.05, 0) is 153 Å². The summed E-state index contributed by atoms with van der Waals surface area (Å²) >= 11 is 0. The Balaban J connectivity index is -0.000000799. The maximum Gasteiger partial charge on any atom is 0.414 e. The zero-order chi connectivity index (χ0) is 48.3. The van der Waals surface area contributed by atoms with Gasteiger partial charge in [-0.15, -0.1) is 24.0 Å². The first-order valence-electron chi connectivity index (χ1n) is 19.6. The molecule has 360 valence electrons. The maximum absolute atomic E-state index is 11.8. The summed E-state index contributed by atoms with van der Waals surface area (Å²) in [5.74, 6) is -1.89. The normalized spacial score (nSPS) is 10.3. The van der Waals surface area contributed by atoms with Gasteiger partial charge in [0.05, 0.1) is 17.7 Å². The molecular weight excluding hydrogens is 951 g/mol. The minimum absolute atomic E-state index is 0. The third-order valence-electron chi connectivity index (χ3n) is 7.85. The summed E-state index contributed by atoms with van der Waals surface area (Å²) in [7, 11) is 6.64. The first-order chi connectivity index (χ1) is 29.1. The van der Waals surface area contributed by atoms with Crippen LogP contribution in [0.15, 0.2) is 97.1 Å². The lowest BCUT2D eigenvalue weighted by molar-refractivity contribution is 0.0578. The van der Waals surface area contributed by atoms with Crippen LogP contribution in [0.5, 0.6) is 0 Å². The highest BCUT2D eigenvalue weighted by atomic mass is 127. The Morgan fingerprint density at radius 1 is 0.554 bits per heavy atom. The van der Waals surface area contributed by atoms with E-state index in [9.17, 15) is 28.8 Å². The van der Waals surface area contributed by atoms with Crippen molar-refractivity contribution in [2.24, 2.45) is 0 Å². The second kappa shape index (κ2) is 27.9. The van der Waals surface area contributed by atoms with E-state index in [1.54, 1.807) is 134 Å². The van der Waals surface area contributed by atoms with Gasteiger partial charge in [0.15, 0.2) is 0 Å². The highest BCUT2D eigenvalue weighted by Gasteiger charge is 2.22. The quantitative estimate of drug-likeness (QED) is 0.0736. The van der Waals surface area contributed by atoms with E-state index in [-0.39, 0.29) is 45.0 Å². The summed E-state index contributed by atoms with van der Waals surface area (Å²) in [6.45, 7) is 16.3. The van der Waals surface area contributed by atoms with Crippen LogP contribution in [0.4, 0.5) is 37.1 Å². The fourth-order valence-electron chi connectivity index (χ4n) is 4.52. The van der Waals surface area contributed by atoms with Crippen LogP contribution in [0.25, 0.3) is 0 Å². The smallest absolute Gasteiger partial charge is 0.414 e. The van der Waals surface area contributed by atoms with Crippen molar-refractivity contribution >= 4 is 83.2 Å². The van der Waals surface area contributed by atoms with E-state index in [1.165, 1.54) is 26.8 Å². The topological polar surface area (TPSA) is 213 Å². The van der Waals surface area contributed by atoms with Crippen LogP contribution in [0.2, 0.25) is 0 Å². The number of ether oxygens (including phenoxy) is 3. The van der Waals surface area contributed by atoms with E-state index in [0.29, 0.717) is 22.5 Å². The number of aromatic carboxylic acids is 2. The molecule has 3 amide bonds. The van der Waals surface area contributed by atoms with Gasteiger partial charge in [-0.3, -0.25) is 19.5 Å². The predicted molar refractivity (Wildman–Crippen MR) is 269 cm³/mol. The largest absolute Gasteiger partial charge is 0.478 e. The van der Waals surface area contributed by atoms with Gasteiger partial charge in [0.2, 0.25) is 0 Å². The standard InChI is InChI=1S/C13H17NO4.C13H19NO3.C13H17NO3.C8H9NO2.CH4.HI.H2/c1-13(2,3)18-12(17)14(4)10-7-5-9(6-8-10)11(15)16;2*1-13(2,3)17-12(16)14(4)11-7-5-10(9-15)6-8-11;1-9-7-4-2-6(3-5-7)8(10)11;;;/h5-8H,1-4H3,(H,15,16);5-8,15H,9H2,1-4H3;5-9H,1-4H3;2-5,9H,1H3,(H,10,11);1H4;2*1H. The molecule has 4 aromatic carbocycles. The van der Waals surface area contributed by atoms with Crippen LogP contribution in [0.3, 0.4) is 0 Å². The number of hydrogen-bond donors (Lipinski definition) is 4. The molecule has 16 nitrogen and oxygen atoms in total. The number of carbonyl (C=O) groups excluding carboxylic acids is 4. The Labute approximate surface area is 402 Å². The second-order valence-electron chi connectivity index (χ2n) is 16.6. The van der Waals surface area contributed by atoms with Crippen molar-refractivity contribution in [3.63, 3.8) is 0 Å². The van der Waals surface area contributed by atoms with Crippen LogP contribution < -0.4 is 20.0 Å². The Bertz CT molecular complexity index is 2100. The molecule has 0 heterocycles. The van der Waals surface area contributed by atoms with Crippen molar-refractivity contribution in [3.8, 4) is 0 Å². The van der Waals surface area contributed by atoms with Gasteiger partial charge in [-0.25, -0.2) is 24.0 Å². The number of aldehydes is 1. The SMILES string of the molecule is C.CN(C(=O)OC(C)(C)C)c1ccc(C(=O)O)cc1.CN(C(=O)OC(C)(C)C)c1ccc(C=O)cc1.CN(C(=O)OC(C)(C)C)c1ccc(CO)cc1.CNc1ccc(C(=O)O)cc1.I.[HH]. The molecule has 0 atom stereocenters. The van der Waals surface area contributed by atoms with Crippen molar-refractivity contribution in [1.82, 2.24) is 0 Å². The average molecular weight is 1020 g/mol. The number of amides is 3. The molecule has 65 heavy (non-hydrogen) atoms. The Morgan fingerprint density at radius 3 is 1.08 bits per heavy atom. The number of rotatable bonds is 8. The molecule has 0 aliphatic carbocycles. The van der Waals surface area contributed by atoms with E-state index >= 15 is 0 Å². The highest BCUT2D eigenvalue weighted by molar-refractivity contribution is 14.0. The van der Waals surface area contributed by atoms with Gasteiger partial charge in [0.25, 0.3) is 0 Å². The van der Waals surface area contributed by atoms with Gasteiger partial charge >= 0.3 is 30.2 Å². The molecule has 0 saturated carbocycles. The number of hydrogen-bond acceptors (Lipinski definition) is 11. The molecule has 4 aromatic rings. The van der Waals surface area contributed by atoms with E-state index in [2.05, 4.69) is 5.32 Å². The van der Waals surface area contributed by atoms with Gasteiger partial charge in [0.1, 0.15) is 23.1 Å². The lowest BCUT2D eigenvalue weighted by Crippen LogP contribution is -2.34. The molecule has 0 spiro atoms. The molecule has 0 aromatic heterocycles. The van der Waals surface area contributed by atoms with Crippen LogP contribution >= 0.6 is 24.0 Å². The lowest BCUT2D eigenvalue weighted by atomic mass is 10.2. The fraction of sp³-hybridized carbons (Fsp3) is 0.375.